The van der Waals surface area contributed by atoms with E-state index in [0.29, 0.717) is 37.6 Å². The van der Waals surface area contributed by atoms with Gasteiger partial charge in [-0.25, -0.2) is 4.57 Å². The second kappa shape index (κ2) is 24.4. The molecule has 0 rings (SSSR count). The van der Waals surface area contributed by atoms with Crippen LogP contribution in [0.4, 0.5) is 0 Å². The van der Waals surface area contributed by atoms with E-state index in [2.05, 4.69) is 41.5 Å². The van der Waals surface area contributed by atoms with Gasteiger partial charge in [-0.2, -0.15) is 0 Å². The molecule has 0 aliphatic carbocycles. The monoisotopic (exact) mass is 518 g/mol. The van der Waals surface area contributed by atoms with Crippen molar-refractivity contribution in [2.75, 3.05) is 19.8 Å². The van der Waals surface area contributed by atoms with Crippen LogP contribution in [0.15, 0.2) is 0 Å². The molecule has 0 atom stereocenters. The first-order chi connectivity index (χ1) is 17.0. The number of rotatable bonds is 27. The number of hydrogen-bond donors (Lipinski definition) is 0. The topological polar surface area (TPSA) is 44.8 Å². The molecule has 0 aromatic carbocycles. The van der Waals surface area contributed by atoms with E-state index in [4.69, 9.17) is 13.6 Å². The Hall–Kier alpha value is 0.110. The van der Waals surface area contributed by atoms with E-state index in [1.807, 2.05) is 0 Å². The summed E-state index contributed by atoms with van der Waals surface area (Å²) in [5.74, 6) is 1.30. The number of phosphoric acid groups is 1. The van der Waals surface area contributed by atoms with Crippen LogP contribution in [0.5, 0.6) is 0 Å². The summed E-state index contributed by atoms with van der Waals surface area (Å²) >= 11 is 0. The van der Waals surface area contributed by atoms with Gasteiger partial charge < -0.3 is 0 Å². The smallest absolute Gasteiger partial charge is 0.287 e. The summed E-state index contributed by atoms with van der Waals surface area (Å²) in [5, 5.41) is 0. The van der Waals surface area contributed by atoms with E-state index in [9.17, 15) is 4.57 Å². The van der Waals surface area contributed by atoms with Gasteiger partial charge in [0.25, 0.3) is 0 Å². The standard InChI is InChI=1S/C30H63O4P/c1-7-13-19-28(20-14-8-2)25-32-35(31,33-26-29(21-15-9-3)22-16-10-4)34-27-30(23-17-11-5)24-18-12-6/h28-30H,7-27H2,1-6H3. The molecule has 0 heterocycles. The Kier molecular flexibility index (Phi) is 24.5. The first-order valence-corrected chi connectivity index (χ1v) is 17.0. The molecule has 0 saturated carbocycles. The second-order valence-corrected chi connectivity index (χ2v) is 12.5. The van der Waals surface area contributed by atoms with Crippen molar-refractivity contribution >= 4 is 7.82 Å². The summed E-state index contributed by atoms with van der Waals surface area (Å²) in [6.45, 7) is 14.8. The van der Waals surface area contributed by atoms with Gasteiger partial charge in [0.15, 0.2) is 0 Å². The zero-order valence-corrected chi connectivity index (χ0v) is 25.6. The van der Waals surface area contributed by atoms with Crippen LogP contribution in [0, 0.1) is 17.8 Å². The van der Waals surface area contributed by atoms with E-state index in [1.165, 1.54) is 77.0 Å². The summed E-state index contributed by atoms with van der Waals surface area (Å²) in [4.78, 5) is 0. The fourth-order valence-corrected chi connectivity index (χ4v) is 6.00. The molecule has 35 heavy (non-hydrogen) atoms. The van der Waals surface area contributed by atoms with Crippen molar-refractivity contribution in [3.8, 4) is 0 Å². The van der Waals surface area contributed by atoms with Gasteiger partial charge in [0.05, 0.1) is 19.8 Å². The van der Waals surface area contributed by atoms with Crippen molar-refractivity contribution in [2.45, 2.75) is 157 Å². The molecule has 0 aliphatic rings. The Balaban J connectivity index is 5.30. The summed E-state index contributed by atoms with van der Waals surface area (Å²) in [5.41, 5.74) is 0. The molecule has 0 N–H and O–H groups in total. The summed E-state index contributed by atoms with van der Waals surface area (Å²) in [6, 6.07) is 0. The molecule has 0 aliphatic heterocycles. The van der Waals surface area contributed by atoms with E-state index < -0.39 is 7.82 Å². The van der Waals surface area contributed by atoms with Crippen LogP contribution in [0.25, 0.3) is 0 Å². The third-order valence-electron chi connectivity index (χ3n) is 7.20. The molecule has 4 nitrogen and oxygen atoms in total. The fourth-order valence-electron chi connectivity index (χ4n) is 4.59. The van der Waals surface area contributed by atoms with Crippen LogP contribution < -0.4 is 0 Å². The van der Waals surface area contributed by atoms with Gasteiger partial charge in [-0.05, 0) is 56.3 Å². The fraction of sp³-hybridized carbons (Fsp3) is 1.00. The van der Waals surface area contributed by atoms with E-state index in [1.54, 1.807) is 0 Å². The molecule has 0 amide bonds. The Labute approximate surface area is 220 Å². The number of phosphoric ester groups is 1. The first-order valence-electron chi connectivity index (χ1n) is 15.5. The van der Waals surface area contributed by atoms with Crippen molar-refractivity contribution in [3.05, 3.63) is 0 Å². The lowest BCUT2D eigenvalue weighted by Crippen LogP contribution is -2.16. The third kappa shape index (κ3) is 19.8. The van der Waals surface area contributed by atoms with Crippen molar-refractivity contribution in [3.63, 3.8) is 0 Å². The highest BCUT2D eigenvalue weighted by molar-refractivity contribution is 7.48. The van der Waals surface area contributed by atoms with Crippen molar-refractivity contribution in [1.82, 2.24) is 0 Å². The molecule has 0 saturated heterocycles. The maximum absolute atomic E-state index is 13.9. The molecule has 0 aromatic heterocycles. The first kappa shape index (κ1) is 35.1. The minimum absolute atomic E-state index is 0.433. The molecule has 0 unspecified atom stereocenters. The molecule has 5 heteroatoms. The Morgan fingerprint density at radius 2 is 0.629 bits per heavy atom. The Bertz CT molecular complexity index is 394. The largest absolute Gasteiger partial charge is 0.474 e. The quantitative estimate of drug-likeness (QED) is 0.101. The summed E-state index contributed by atoms with van der Waals surface area (Å²) < 4.78 is 32.2. The average Bonchev–Trinajstić information content (AvgIpc) is 2.87. The van der Waals surface area contributed by atoms with Crippen molar-refractivity contribution < 1.29 is 18.1 Å². The molecule has 0 spiro atoms. The third-order valence-corrected chi connectivity index (χ3v) is 8.60. The van der Waals surface area contributed by atoms with Crippen LogP contribution >= 0.6 is 7.82 Å². The number of hydrogen-bond acceptors (Lipinski definition) is 4. The maximum atomic E-state index is 13.9. The molecular weight excluding hydrogens is 455 g/mol. The summed E-state index contributed by atoms with van der Waals surface area (Å²) in [7, 11) is -3.57. The van der Waals surface area contributed by atoms with E-state index >= 15 is 0 Å². The van der Waals surface area contributed by atoms with Crippen LogP contribution in [0.2, 0.25) is 0 Å². The highest BCUT2D eigenvalue weighted by atomic mass is 31.2. The van der Waals surface area contributed by atoms with Gasteiger partial charge in [0.2, 0.25) is 0 Å². The lowest BCUT2D eigenvalue weighted by Gasteiger charge is -2.26. The van der Waals surface area contributed by atoms with E-state index in [0.717, 1.165) is 38.5 Å². The molecule has 0 aromatic rings. The lowest BCUT2D eigenvalue weighted by molar-refractivity contribution is 0.0708. The molecule has 212 valence electrons. The Morgan fingerprint density at radius 1 is 0.429 bits per heavy atom. The minimum atomic E-state index is -3.57. The van der Waals surface area contributed by atoms with Gasteiger partial charge in [-0.15, -0.1) is 0 Å². The highest BCUT2D eigenvalue weighted by Crippen LogP contribution is 2.51. The molecule has 0 fully saturated rings. The van der Waals surface area contributed by atoms with Crippen LogP contribution in [-0.2, 0) is 18.1 Å². The van der Waals surface area contributed by atoms with Crippen molar-refractivity contribution in [1.29, 1.82) is 0 Å². The van der Waals surface area contributed by atoms with Gasteiger partial charge in [0.1, 0.15) is 0 Å². The van der Waals surface area contributed by atoms with Crippen LogP contribution in [-0.4, -0.2) is 19.8 Å². The number of unbranched alkanes of at least 4 members (excludes halogenated alkanes) is 6. The predicted octanol–water partition coefficient (Wildman–Crippen LogP) is 11.1. The Morgan fingerprint density at radius 3 is 0.800 bits per heavy atom. The molecule has 0 radical (unpaired) electrons. The molecule has 0 bridgehead atoms. The second-order valence-electron chi connectivity index (χ2n) is 10.8. The maximum Gasteiger partial charge on any atom is 0.474 e. The van der Waals surface area contributed by atoms with Crippen molar-refractivity contribution in [2.24, 2.45) is 17.8 Å². The van der Waals surface area contributed by atoms with Crippen LogP contribution in [0.3, 0.4) is 0 Å². The van der Waals surface area contributed by atoms with E-state index in [-0.39, 0.29) is 0 Å². The normalized spacial score (nSPS) is 12.5. The van der Waals surface area contributed by atoms with Gasteiger partial charge in [-0.3, -0.25) is 13.6 Å². The van der Waals surface area contributed by atoms with Gasteiger partial charge in [0, 0.05) is 0 Å². The minimum Gasteiger partial charge on any atom is -0.287 e. The zero-order valence-electron chi connectivity index (χ0n) is 24.7. The average molecular weight is 519 g/mol. The SMILES string of the molecule is CCCCC(CCCC)COP(=O)(OCC(CCCC)CCCC)OCC(CCCC)CCCC. The molecular formula is C30H63O4P. The van der Waals surface area contributed by atoms with Gasteiger partial charge in [-0.1, -0.05) is 119 Å². The highest BCUT2D eigenvalue weighted by Gasteiger charge is 2.30. The lowest BCUT2D eigenvalue weighted by atomic mass is 9.97. The van der Waals surface area contributed by atoms with Crippen LogP contribution in [0.1, 0.15) is 157 Å². The zero-order chi connectivity index (χ0) is 26.2. The summed E-state index contributed by atoms with van der Waals surface area (Å²) in [6.07, 6.45) is 21.0. The predicted molar refractivity (Wildman–Crippen MR) is 153 cm³/mol. The van der Waals surface area contributed by atoms with Gasteiger partial charge >= 0.3 is 7.82 Å².